The van der Waals surface area contributed by atoms with Gasteiger partial charge in [-0.15, -0.1) is 0 Å². The second kappa shape index (κ2) is 5.68. The predicted molar refractivity (Wildman–Crippen MR) is 58.0 cm³/mol. The molecule has 0 unspecified atom stereocenters. The number of rotatable bonds is 5. The van der Waals surface area contributed by atoms with Crippen LogP contribution in [0, 0.1) is 17.5 Å². The first-order chi connectivity index (χ1) is 8.29. The van der Waals surface area contributed by atoms with E-state index in [9.17, 15) is 21.6 Å². The molecule has 1 rings (SSSR count). The predicted octanol–water partition coefficient (Wildman–Crippen LogP) is 1.42. The first-order valence-electron chi connectivity index (χ1n) is 4.94. The van der Waals surface area contributed by atoms with Crippen molar-refractivity contribution in [1.82, 2.24) is 4.72 Å². The number of halogens is 3. The molecule has 102 valence electrons. The number of ether oxygens (including phenoxy) is 1. The zero-order valence-corrected chi connectivity index (χ0v) is 10.5. The molecule has 1 N–H and O–H groups in total. The summed E-state index contributed by atoms with van der Waals surface area (Å²) in [5.74, 6) is -5.01. The SMILES string of the molecule is COC[C@@H](C)NS(=O)(=O)c1ccc(F)c(F)c1F. The van der Waals surface area contributed by atoms with Gasteiger partial charge < -0.3 is 4.74 Å². The summed E-state index contributed by atoms with van der Waals surface area (Å²) >= 11 is 0. The lowest BCUT2D eigenvalue weighted by Gasteiger charge is -2.13. The van der Waals surface area contributed by atoms with Crippen LogP contribution in [0.2, 0.25) is 0 Å². The maximum absolute atomic E-state index is 13.3. The van der Waals surface area contributed by atoms with E-state index in [1.54, 1.807) is 0 Å². The Bertz CT molecular complexity index is 533. The van der Waals surface area contributed by atoms with Crippen molar-refractivity contribution in [3.8, 4) is 0 Å². The number of sulfonamides is 1. The first kappa shape index (κ1) is 14.9. The molecule has 0 saturated heterocycles. The van der Waals surface area contributed by atoms with Crippen LogP contribution in [0.25, 0.3) is 0 Å². The third kappa shape index (κ3) is 3.21. The molecule has 1 atom stereocenters. The molecule has 0 aliphatic heterocycles. The summed E-state index contributed by atoms with van der Waals surface area (Å²) in [7, 11) is -2.90. The van der Waals surface area contributed by atoms with Gasteiger partial charge in [-0.25, -0.2) is 26.3 Å². The highest BCUT2D eigenvalue weighted by molar-refractivity contribution is 7.89. The smallest absolute Gasteiger partial charge is 0.243 e. The molecule has 4 nitrogen and oxygen atoms in total. The number of methoxy groups -OCH3 is 1. The minimum atomic E-state index is -4.26. The van der Waals surface area contributed by atoms with Gasteiger partial charge in [0.15, 0.2) is 17.5 Å². The van der Waals surface area contributed by atoms with Crippen LogP contribution in [0.1, 0.15) is 6.92 Å². The van der Waals surface area contributed by atoms with Crippen molar-refractivity contribution in [1.29, 1.82) is 0 Å². The van der Waals surface area contributed by atoms with Gasteiger partial charge in [0.25, 0.3) is 0 Å². The molecule has 0 spiro atoms. The summed E-state index contributed by atoms with van der Waals surface area (Å²) in [6, 6.07) is 0.580. The van der Waals surface area contributed by atoms with Gasteiger partial charge in [-0.05, 0) is 19.1 Å². The molecule has 1 aromatic rings. The second-order valence-electron chi connectivity index (χ2n) is 3.65. The Kier molecular flexibility index (Phi) is 4.71. The molecular formula is C10H12F3NO3S. The fraction of sp³-hybridized carbons (Fsp3) is 0.400. The fourth-order valence-corrected chi connectivity index (χ4v) is 2.63. The van der Waals surface area contributed by atoms with Crippen molar-refractivity contribution < 1.29 is 26.3 Å². The van der Waals surface area contributed by atoms with E-state index >= 15 is 0 Å². The lowest BCUT2D eigenvalue weighted by atomic mass is 10.3. The summed E-state index contributed by atoms with van der Waals surface area (Å²) in [5, 5.41) is 0. The van der Waals surface area contributed by atoms with Crippen LogP contribution in [-0.2, 0) is 14.8 Å². The highest BCUT2D eigenvalue weighted by atomic mass is 32.2. The quantitative estimate of drug-likeness (QED) is 0.831. The average molecular weight is 283 g/mol. The molecule has 0 aliphatic carbocycles. The van der Waals surface area contributed by atoms with Crippen molar-refractivity contribution in [3.63, 3.8) is 0 Å². The summed E-state index contributed by atoms with van der Waals surface area (Å²) in [4.78, 5) is -0.940. The zero-order chi connectivity index (χ0) is 13.9. The van der Waals surface area contributed by atoms with E-state index in [4.69, 9.17) is 4.74 Å². The number of nitrogens with one attached hydrogen (secondary N) is 1. The summed E-state index contributed by atoms with van der Waals surface area (Å²) in [5.41, 5.74) is 0. The zero-order valence-electron chi connectivity index (χ0n) is 9.71. The monoisotopic (exact) mass is 283 g/mol. The lowest BCUT2D eigenvalue weighted by molar-refractivity contribution is 0.180. The van der Waals surface area contributed by atoms with E-state index in [1.807, 2.05) is 0 Å². The molecule has 18 heavy (non-hydrogen) atoms. The van der Waals surface area contributed by atoms with E-state index in [0.29, 0.717) is 12.1 Å². The third-order valence-electron chi connectivity index (χ3n) is 2.06. The fourth-order valence-electron chi connectivity index (χ4n) is 1.33. The van der Waals surface area contributed by atoms with Crippen LogP contribution < -0.4 is 4.72 Å². The van der Waals surface area contributed by atoms with Gasteiger partial charge in [-0.3, -0.25) is 0 Å². The molecule has 0 fully saturated rings. The molecular weight excluding hydrogens is 271 g/mol. The van der Waals surface area contributed by atoms with E-state index in [0.717, 1.165) is 0 Å². The normalized spacial score (nSPS) is 13.6. The lowest BCUT2D eigenvalue weighted by Crippen LogP contribution is -2.36. The molecule has 8 heteroatoms. The van der Waals surface area contributed by atoms with Crippen molar-refractivity contribution in [2.75, 3.05) is 13.7 Å². The highest BCUT2D eigenvalue weighted by Crippen LogP contribution is 2.19. The molecule has 0 amide bonds. The van der Waals surface area contributed by atoms with E-state index in [2.05, 4.69) is 4.72 Å². The molecule has 0 aromatic heterocycles. The minimum Gasteiger partial charge on any atom is -0.383 e. The molecule has 0 saturated carbocycles. The summed E-state index contributed by atoms with van der Waals surface area (Å²) in [6.45, 7) is 1.55. The summed E-state index contributed by atoms with van der Waals surface area (Å²) in [6.07, 6.45) is 0. The Morgan fingerprint density at radius 3 is 2.44 bits per heavy atom. The number of hydrogen-bond acceptors (Lipinski definition) is 3. The van der Waals surface area contributed by atoms with Gasteiger partial charge in [0.2, 0.25) is 10.0 Å². The Hall–Kier alpha value is -1.12. The average Bonchev–Trinajstić information content (AvgIpc) is 2.25. The largest absolute Gasteiger partial charge is 0.383 e. The van der Waals surface area contributed by atoms with E-state index in [1.165, 1.54) is 14.0 Å². The van der Waals surface area contributed by atoms with Crippen LogP contribution in [0.5, 0.6) is 0 Å². The Morgan fingerprint density at radius 2 is 1.89 bits per heavy atom. The maximum Gasteiger partial charge on any atom is 0.243 e. The van der Waals surface area contributed by atoms with Crippen LogP contribution in [0.15, 0.2) is 17.0 Å². The van der Waals surface area contributed by atoms with Gasteiger partial charge >= 0.3 is 0 Å². The standard InChI is InChI=1S/C10H12F3NO3S/c1-6(5-17-2)14-18(15,16)8-4-3-7(11)9(12)10(8)13/h3-4,6,14H,5H2,1-2H3/t6-/m1/s1. The van der Waals surface area contributed by atoms with E-state index < -0.39 is 38.4 Å². The maximum atomic E-state index is 13.3. The van der Waals surface area contributed by atoms with Crippen LogP contribution in [0.3, 0.4) is 0 Å². The molecule has 0 aliphatic rings. The van der Waals surface area contributed by atoms with Crippen LogP contribution in [-0.4, -0.2) is 28.2 Å². The Labute approximate surface area is 103 Å². The molecule has 0 heterocycles. The number of hydrogen-bond donors (Lipinski definition) is 1. The van der Waals surface area contributed by atoms with Gasteiger partial charge in [0, 0.05) is 13.2 Å². The van der Waals surface area contributed by atoms with Crippen molar-refractivity contribution in [2.45, 2.75) is 17.9 Å². The Morgan fingerprint density at radius 1 is 1.28 bits per heavy atom. The molecule has 0 radical (unpaired) electrons. The van der Waals surface area contributed by atoms with Crippen molar-refractivity contribution >= 4 is 10.0 Å². The van der Waals surface area contributed by atoms with Crippen molar-refractivity contribution in [3.05, 3.63) is 29.6 Å². The molecule has 1 aromatic carbocycles. The second-order valence-corrected chi connectivity index (χ2v) is 5.33. The number of benzene rings is 1. The topological polar surface area (TPSA) is 55.4 Å². The van der Waals surface area contributed by atoms with Crippen LogP contribution in [0.4, 0.5) is 13.2 Å². The first-order valence-corrected chi connectivity index (χ1v) is 6.42. The van der Waals surface area contributed by atoms with Gasteiger partial charge in [-0.1, -0.05) is 0 Å². The molecule has 0 bridgehead atoms. The van der Waals surface area contributed by atoms with Crippen LogP contribution >= 0.6 is 0 Å². The van der Waals surface area contributed by atoms with Crippen molar-refractivity contribution in [2.24, 2.45) is 0 Å². The summed E-state index contributed by atoms with van der Waals surface area (Å²) < 4.78 is 69.1. The third-order valence-corrected chi connectivity index (χ3v) is 3.67. The highest BCUT2D eigenvalue weighted by Gasteiger charge is 2.25. The van der Waals surface area contributed by atoms with Gasteiger partial charge in [0.1, 0.15) is 4.90 Å². The Balaban J connectivity index is 3.10. The van der Waals surface area contributed by atoms with Gasteiger partial charge in [-0.2, -0.15) is 0 Å². The van der Waals surface area contributed by atoms with Gasteiger partial charge in [0.05, 0.1) is 6.61 Å². The minimum absolute atomic E-state index is 0.0600. The van der Waals surface area contributed by atoms with E-state index in [-0.39, 0.29) is 6.61 Å².